The molecule has 19 heavy (non-hydrogen) atoms. The zero-order valence-corrected chi connectivity index (χ0v) is 12.0. The van der Waals surface area contributed by atoms with E-state index >= 15 is 0 Å². The molecule has 1 aliphatic rings. The van der Waals surface area contributed by atoms with Crippen LogP contribution in [0, 0.1) is 5.92 Å². The highest BCUT2D eigenvalue weighted by Gasteiger charge is 2.48. The Morgan fingerprint density at radius 1 is 1.37 bits per heavy atom. The van der Waals surface area contributed by atoms with Crippen LogP contribution in [0.3, 0.4) is 0 Å². The van der Waals surface area contributed by atoms with Gasteiger partial charge in [-0.05, 0) is 43.0 Å². The quantitative estimate of drug-likeness (QED) is 0.898. The number of halogens is 2. The molecule has 0 aliphatic heterocycles. The molecule has 0 radical (unpaired) electrons. The SMILES string of the molecule is NC[C@@H]1CCCCC1(C(=O)O)c1ccc(Cl)c(Cl)c1. The summed E-state index contributed by atoms with van der Waals surface area (Å²) in [6.45, 7) is 0.368. The minimum absolute atomic E-state index is 0.0593. The first-order chi connectivity index (χ1) is 9.02. The second-order valence-electron chi connectivity index (χ2n) is 5.08. The monoisotopic (exact) mass is 301 g/mol. The van der Waals surface area contributed by atoms with Crippen LogP contribution in [-0.4, -0.2) is 17.6 Å². The first-order valence-corrected chi connectivity index (χ1v) is 7.17. The topological polar surface area (TPSA) is 63.3 Å². The maximum Gasteiger partial charge on any atom is 0.314 e. The predicted molar refractivity (Wildman–Crippen MR) is 76.8 cm³/mol. The smallest absolute Gasteiger partial charge is 0.314 e. The molecule has 1 unspecified atom stereocenters. The number of nitrogens with two attached hydrogens (primary N) is 1. The molecule has 1 saturated carbocycles. The Morgan fingerprint density at radius 3 is 2.68 bits per heavy atom. The van der Waals surface area contributed by atoms with E-state index in [2.05, 4.69) is 0 Å². The average molecular weight is 302 g/mol. The van der Waals surface area contributed by atoms with Gasteiger partial charge in [-0.2, -0.15) is 0 Å². The Labute approximate surface area is 122 Å². The molecular formula is C14H17Cl2NO2. The molecule has 0 heterocycles. The van der Waals surface area contributed by atoms with E-state index < -0.39 is 11.4 Å². The van der Waals surface area contributed by atoms with Gasteiger partial charge in [0.25, 0.3) is 0 Å². The van der Waals surface area contributed by atoms with Gasteiger partial charge in [-0.1, -0.05) is 42.1 Å². The van der Waals surface area contributed by atoms with Crippen molar-refractivity contribution in [1.29, 1.82) is 0 Å². The number of hydrogen-bond acceptors (Lipinski definition) is 2. The van der Waals surface area contributed by atoms with Crippen LogP contribution in [0.25, 0.3) is 0 Å². The van der Waals surface area contributed by atoms with E-state index in [0.717, 1.165) is 19.3 Å². The maximum atomic E-state index is 11.9. The van der Waals surface area contributed by atoms with E-state index in [9.17, 15) is 9.90 Å². The lowest BCUT2D eigenvalue weighted by Crippen LogP contribution is -2.48. The Morgan fingerprint density at radius 2 is 2.11 bits per heavy atom. The van der Waals surface area contributed by atoms with Gasteiger partial charge >= 0.3 is 5.97 Å². The molecule has 1 aromatic carbocycles. The average Bonchev–Trinajstić information content (AvgIpc) is 2.41. The minimum atomic E-state index is -0.929. The Bertz CT molecular complexity index is 492. The van der Waals surface area contributed by atoms with Gasteiger partial charge < -0.3 is 10.8 Å². The molecule has 2 rings (SSSR count). The summed E-state index contributed by atoms with van der Waals surface area (Å²) in [4.78, 5) is 11.9. The summed E-state index contributed by atoms with van der Waals surface area (Å²) in [6, 6.07) is 5.09. The van der Waals surface area contributed by atoms with E-state index in [1.54, 1.807) is 18.2 Å². The van der Waals surface area contributed by atoms with E-state index in [0.29, 0.717) is 28.6 Å². The lowest BCUT2D eigenvalue weighted by molar-refractivity contribution is -0.147. The van der Waals surface area contributed by atoms with Crippen molar-refractivity contribution in [1.82, 2.24) is 0 Å². The highest BCUT2D eigenvalue weighted by atomic mass is 35.5. The van der Waals surface area contributed by atoms with Gasteiger partial charge in [0.2, 0.25) is 0 Å². The van der Waals surface area contributed by atoms with Crippen molar-refractivity contribution in [2.45, 2.75) is 31.1 Å². The number of benzene rings is 1. The van der Waals surface area contributed by atoms with E-state index in [1.165, 1.54) is 0 Å². The van der Waals surface area contributed by atoms with Gasteiger partial charge in [0.15, 0.2) is 0 Å². The third-order valence-electron chi connectivity index (χ3n) is 4.17. The van der Waals surface area contributed by atoms with Crippen LogP contribution >= 0.6 is 23.2 Å². The molecule has 0 bridgehead atoms. The molecule has 2 atom stereocenters. The van der Waals surface area contributed by atoms with Crippen LogP contribution in [-0.2, 0) is 10.2 Å². The summed E-state index contributed by atoms with van der Waals surface area (Å²) >= 11 is 11.9. The standard InChI is InChI=1S/C14H17Cl2NO2/c15-11-5-4-9(7-12(11)16)14(13(18)19)6-2-1-3-10(14)8-17/h4-5,7,10H,1-3,6,8,17H2,(H,18,19)/t10-,14?/m0/s1. The van der Waals surface area contributed by atoms with Crippen LogP contribution in [0.4, 0.5) is 0 Å². The van der Waals surface area contributed by atoms with E-state index in [4.69, 9.17) is 28.9 Å². The number of rotatable bonds is 3. The number of hydrogen-bond donors (Lipinski definition) is 2. The van der Waals surface area contributed by atoms with Crippen molar-refractivity contribution < 1.29 is 9.90 Å². The number of carboxylic acid groups (broad SMARTS) is 1. The molecule has 0 saturated heterocycles. The first kappa shape index (κ1) is 14.6. The first-order valence-electron chi connectivity index (χ1n) is 6.41. The molecule has 0 amide bonds. The molecule has 1 aromatic rings. The predicted octanol–water partition coefficient (Wildman–Crippen LogP) is 3.46. The fourth-order valence-electron chi connectivity index (χ4n) is 3.12. The lowest BCUT2D eigenvalue weighted by Gasteiger charge is -2.41. The molecule has 0 aromatic heterocycles. The minimum Gasteiger partial charge on any atom is -0.481 e. The summed E-state index contributed by atoms with van der Waals surface area (Å²) < 4.78 is 0. The number of aliphatic carboxylic acids is 1. The van der Waals surface area contributed by atoms with Crippen LogP contribution in [0.1, 0.15) is 31.2 Å². The maximum absolute atomic E-state index is 11.9. The van der Waals surface area contributed by atoms with Gasteiger partial charge in [-0.15, -0.1) is 0 Å². The summed E-state index contributed by atoms with van der Waals surface area (Å²) in [5, 5.41) is 10.6. The summed E-state index contributed by atoms with van der Waals surface area (Å²) in [5.74, 6) is -0.878. The molecule has 5 heteroatoms. The normalized spacial score (nSPS) is 27.2. The molecule has 104 valence electrons. The molecular weight excluding hydrogens is 285 g/mol. The van der Waals surface area contributed by atoms with Gasteiger partial charge in [0, 0.05) is 0 Å². The highest BCUT2D eigenvalue weighted by molar-refractivity contribution is 6.42. The van der Waals surface area contributed by atoms with Crippen LogP contribution < -0.4 is 5.73 Å². The highest BCUT2D eigenvalue weighted by Crippen LogP contribution is 2.45. The zero-order chi connectivity index (χ0) is 14.0. The van der Waals surface area contributed by atoms with Crippen molar-refractivity contribution >= 4 is 29.2 Å². The lowest BCUT2D eigenvalue weighted by atomic mass is 9.62. The van der Waals surface area contributed by atoms with Crippen molar-refractivity contribution in [3.05, 3.63) is 33.8 Å². The zero-order valence-electron chi connectivity index (χ0n) is 10.5. The third-order valence-corrected chi connectivity index (χ3v) is 4.91. The van der Waals surface area contributed by atoms with Crippen LogP contribution in [0.5, 0.6) is 0 Å². The molecule has 0 spiro atoms. The molecule has 3 N–H and O–H groups in total. The number of carbonyl (C=O) groups is 1. The Kier molecular flexibility index (Phi) is 4.39. The second-order valence-corrected chi connectivity index (χ2v) is 5.90. The number of carboxylic acids is 1. The fraction of sp³-hybridized carbons (Fsp3) is 0.500. The van der Waals surface area contributed by atoms with Gasteiger partial charge in [0.1, 0.15) is 0 Å². The van der Waals surface area contributed by atoms with E-state index in [1.807, 2.05) is 0 Å². The molecule has 1 aliphatic carbocycles. The third kappa shape index (κ3) is 2.47. The van der Waals surface area contributed by atoms with Crippen molar-refractivity contribution in [3.8, 4) is 0 Å². The summed E-state index contributed by atoms with van der Waals surface area (Å²) in [6.07, 6.45) is 3.35. The van der Waals surface area contributed by atoms with Crippen LogP contribution in [0.15, 0.2) is 18.2 Å². The molecule has 1 fully saturated rings. The van der Waals surface area contributed by atoms with E-state index in [-0.39, 0.29) is 5.92 Å². The largest absolute Gasteiger partial charge is 0.481 e. The summed E-state index contributed by atoms with van der Waals surface area (Å²) in [7, 11) is 0. The van der Waals surface area contributed by atoms with Gasteiger partial charge in [-0.3, -0.25) is 4.79 Å². The summed E-state index contributed by atoms with van der Waals surface area (Å²) in [5.41, 5.74) is 5.58. The van der Waals surface area contributed by atoms with Crippen LogP contribution in [0.2, 0.25) is 10.0 Å². The van der Waals surface area contributed by atoms with Gasteiger partial charge in [-0.25, -0.2) is 0 Å². The molecule has 3 nitrogen and oxygen atoms in total. The van der Waals surface area contributed by atoms with Gasteiger partial charge in [0.05, 0.1) is 15.5 Å². The Balaban J connectivity index is 2.54. The van der Waals surface area contributed by atoms with Crippen molar-refractivity contribution in [2.24, 2.45) is 11.7 Å². The van der Waals surface area contributed by atoms with Crippen molar-refractivity contribution in [2.75, 3.05) is 6.54 Å². The fourth-order valence-corrected chi connectivity index (χ4v) is 3.42. The Hall–Kier alpha value is -0.770. The second kappa shape index (κ2) is 5.70. The van der Waals surface area contributed by atoms with Crippen molar-refractivity contribution in [3.63, 3.8) is 0 Å².